The lowest BCUT2D eigenvalue weighted by Gasteiger charge is -2.14. The largest absolute Gasteiger partial charge is 0.326 e. The summed E-state index contributed by atoms with van der Waals surface area (Å²) in [4.78, 5) is 11.7. The van der Waals surface area contributed by atoms with Crippen molar-refractivity contribution < 1.29 is 0 Å². The molecule has 1 atom stereocenters. The Morgan fingerprint density at radius 1 is 1.41 bits per heavy atom. The summed E-state index contributed by atoms with van der Waals surface area (Å²) in [6, 6.07) is 7.69. The predicted molar refractivity (Wildman–Crippen MR) is 66.7 cm³/mol. The fraction of sp³-hybridized carbons (Fsp3) is 0.385. The van der Waals surface area contributed by atoms with Gasteiger partial charge in [0.25, 0.3) is 0 Å². The first kappa shape index (κ1) is 10.5. The first-order chi connectivity index (χ1) is 8.25. The van der Waals surface area contributed by atoms with Crippen molar-refractivity contribution in [2.45, 2.75) is 25.4 Å². The number of nitrogens with zero attached hydrogens (tertiary/aromatic N) is 2. The van der Waals surface area contributed by atoms with Crippen LogP contribution >= 0.6 is 0 Å². The fourth-order valence-electron chi connectivity index (χ4n) is 2.18. The number of aromatic nitrogens is 2. The zero-order chi connectivity index (χ0) is 11.8. The number of hydrogen-bond acceptors (Lipinski definition) is 3. The highest BCUT2D eigenvalue weighted by atomic mass is 16.1. The molecule has 2 N–H and O–H groups in total. The molecule has 1 heterocycles. The SMILES string of the molecule is NC(Cn1ncc(=O)c2ccccc21)C1CC1. The van der Waals surface area contributed by atoms with Crippen molar-refractivity contribution in [2.75, 3.05) is 0 Å². The van der Waals surface area contributed by atoms with Gasteiger partial charge in [-0.3, -0.25) is 9.48 Å². The number of hydrogen-bond donors (Lipinski definition) is 1. The highest BCUT2D eigenvalue weighted by Gasteiger charge is 2.28. The van der Waals surface area contributed by atoms with Gasteiger partial charge < -0.3 is 5.73 Å². The van der Waals surface area contributed by atoms with Crippen LogP contribution in [0.15, 0.2) is 35.3 Å². The minimum absolute atomic E-state index is 0.0307. The van der Waals surface area contributed by atoms with Crippen LogP contribution in [0.2, 0.25) is 0 Å². The number of rotatable bonds is 3. The molecule has 88 valence electrons. The van der Waals surface area contributed by atoms with Crippen molar-refractivity contribution in [2.24, 2.45) is 11.7 Å². The second-order valence-corrected chi connectivity index (χ2v) is 4.71. The Bertz CT molecular complexity index is 601. The zero-order valence-corrected chi connectivity index (χ0v) is 9.54. The maximum absolute atomic E-state index is 11.7. The van der Waals surface area contributed by atoms with E-state index in [0.717, 1.165) is 5.52 Å². The molecule has 4 nitrogen and oxygen atoms in total. The van der Waals surface area contributed by atoms with Crippen LogP contribution in [-0.2, 0) is 6.54 Å². The Labute approximate surface area is 99.1 Å². The van der Waals surface area contributed by atoms with Crippen molar-refractivity contribution in [3.63, 3.8) is 0 Å². The first-order valence-electron chi connectivity index (χ1n) is 5.96. The summed E-state index contributed by atoms with van der Waals surface area (Å²) < 4.78 is 1.85. The summed E-state index contributed by atoms with van der Waals surface area (Å²) in [6.45, 7) is 0.686. The number of benzene rings is 1. The standard InChI is InChI=1S/C13H15N3O/c14-11(9-5-6-9)8-16-12-4-2-1-3-10(12)13(17)7-15-16/h1-4,7,9,11H,5-6,8,14H2. The quantitative estimate of drug-likeness (QED) is 0.858. The minimum Gasteiger partial charge on any atom is -0.326 e. The van der Waals surface area contributed by atoms with Gasteiger partial charge in [0.15, 0.2) is 0 Å². The van der Waals surface area contributed by atoms with Gasteiger partial charge >= 0.3 is 0 Å². The van der Waals surface area contributed by atoms with Crippen LogP contribution in [0, 0.1) is 5.92 Å². The average molecular weight is 229 g/mol. The molecule has 0 radical (unpaired) electrons. The van der Waals surface area contributed by atoms with Crippen LogP contribution in [0.1, 0.15) is 12.8 Å². The van der Waals surface area contributed by atoms with Crippen LogP contribution in [-0.4, -0.2) is 15.8 Å². The normalized spacial score (nSPS) is 17.2. The molecule has 4 heteroatoms. The van der Waals surface area contributed by atoms with Crippen molar-refractivity contribution in [1.82, 2.24) is 9.78 Å². The molecule has 1 aliphatic rings. The van der Waals surface area contributed by atoms with Gasteiger partial charge in [0.2, 0.25) is 5.43 Å². The molecular weight excluding hydrogens is 214 g/mol. The highest BCUT2D eigenvalue weighted by molar-refractivity contribution is 5.77. The third-order valence-corrected chi connectivity index (χ3v) is 3.37. The first-order valence-corrected chi connectivity index (χ1v) is 5.96. The van der Waals surface area contributed by atoms with Gasteiger partial charge in [-0.2, -0.15) is 5.10 Å². The Kier molecular flexibility index (Phi) is 2.44. The van der Waals surface area contributed by atoms with E-state index in [1.54, 1.807) is 0 Å². The summed E-state index contributed by atoms with van der Waals surface area (Å²) in [5, 5.41) is 4.89. The fourth-order valence-corrected chi connectivity index (χ4v) is 2.18. The predicted octanol–water partition coefficient (Wildman–Crippen LogP) is 1.13. The van der Waals surface area contributed by atoms with E-state index in [-0.39, 0.29) is 11.5 Å². The number of para-hydroxylation sites is 1. The molecule has 1 aliphatic carbocycles. The van der Waals surface area contributed by atoms with Gasteiger partial charge in [-0.25, -0.2) is 0 Å². The number of nitrogens with two attached hydrogens (primary N) is 1. The summed E-state index contributed by atoms with van der Waals surface area (Å²) in [7, 11) is 0. The molecule has 0 amide bonds. The van der Waals surface area contributed by atoms with E-state index in [0.29, 0.717) is 17.8 Å². The van der Waals surface area contributed by atoms with Crippen LogP contribution in [0.25, 0.3) is 10.9 Å². The van der Waals surface area contributed by atoms with E-state index < -0.39 is 0 Å². The lowest BCUT2D eigenvalue weighted by molar-refractivity contribution is 0.476. The molecule has 17 heavy (non-hydrogen) atoms. The minimum atomic E-state index is -0.0307. The van der Waals surface area contributed by atoms with E-state index in [9.17, 15) is 4.79 Å². The second kappa shape index (κ2) is 3.96. The lowest BCUT2D eigenvalue weighted by Crippen LogP contribution is -2.30. The molecule has 0 spiro atoms. The topological polar surface area (TPSA) is 60.9 Å². The van der Waals surface area contributed by atoms with Gasteiger partial charge in [-0.05, 0) is 30.9 Å². The van der Waals surface area contributed by atoms with E-state index in [1.807, 2.05) is 28.9 Å². The van der Waals surface area contributed by atoms with Crippen LogP contribution < -0.4 is 11.2 Å². The molecule has 0 aliphatic heterocycles. The molecule has 0 bridgehead atoms. The van der Waals surface area contributed by atoms with Crippen molar-refractivity contribution in [3.8, 4) is 0 Å². The van der Waals surface area contributed by atoms with Crippen molar-refractivity contribution >= 4 is 10.9 Å². The van der Waals surface area contributed by atoms with Gasteiger partial charge in [-0.15, -0.1) is 0 Å². The molecule has 2 aromatic rings. The van der Waals surface area contributed by atoms with Gasteiger partial charge in [0.05, 0.1) is 18.3 Å². The lowest BCUT2D eigenvalue weighted by atomic mass is 10.2. The maximum Gasteiger partial charge on any atom is 0.207 e. The second-order valence-electron chi connectivity index (χ2n) is 4.71. The van der Waals surface area contributed by atoms with Crippen molar-refractivity contribution in [1.29, 1.82) is 0 Å². The van der Waals surface area contributed by atoms with Crippen LogP contribution in [0.3, 0.4) is 0 Å². The molecule has 1 saturated carbocycles. The van der Waals surface area contributed by atoms with E-state index >= 15 is 0 Å². The third-order valence-electron chi connectivity index (χ3n) is 3.37. The van der Waals surface area contributed by atoms with Gasteiger partial charge in [-0.1, -0.05) is 12.1 Å². The Morgan fingerprint density at radius 2 is 2.18 bits per heavy atom. The third kappa shape index (κ3) is 1.96. The molecule has 0 saturated heterocycles. The van der Waals surface area contributed by atoms with Gasteiger partial charge in [0, 0.05) is 11.4 Å². The van der Waals surface area contributed by atoms with Crippen LogP contribution in [0.4, 0.5) is 0 Å². The summed E-state index contributed by atoms with van der Waals surface area (Å²) in [6.07, 6.45) is 3.82. The van der Waals surface area contributed by atoms with E-state index in [2.05, 4.69) is 5.10 Å². The average Bonchev–Trinajstić information content (AvgIpc) is 3.17. The van der Waals surface area contributed by atoms with Gasteiger partial charge in [0.1, 0.15) is 0 Å². The zero-order valence-electron chi connectivity index (χ0n) is 9.54. The highest BCUT2D eigenvalue weighted by Crippen LogP contribution is 2.32. The van der Waals surface area contributed by atoms with Crippen LogP contribution in [0.5, 0.6) is 0 Å². The Hall–Kier alpha value is -1.68. The number of fused-ring (bicyclic) bond motifs is 1. The molecule has 1 aromatic carbocycles. The molecule has 1 unspecified atom stereocenters. The Balaban J connectivity index is 2.04. The Morgan fingerprint density at radius 3 is 2.94 bits per heavy atom. The monoisotopic (exact) mass is 229 g/mol. The molecule has 1 fully saturated rings. The molecule has 1 aromatic heterocycles. The summed E-state index contributed by atoms with van der Waals surface area (Å²) >= 11 is 0. The molecule has 3 rings (SSSR count). The van der Waals surface area contributed by atoms with Crippen molar-refractivity contribution in [3.05, 3.63) is 40.7 Å². The van der Waals surface area contributed by atoms with E-state index in [1.165, 1.54) is 19.0 Å². The maximum atomic E-state index is 11.7. The summed E-state index contributed by atoms with van der Waals surface area (Å²) in [5.74, 6) is 0.634. The molecular formula is C13H15N3O. The van der Waals surface area contributed by atoms with E-state index in [4.69, 9.17) is 5.73 Å². The summed E-state index contributed by atoms with van der Waals surface area (Å²) in [5.41, 5.74) is 6.94. The smallest absolute Gasteiger partial charge is 0.207 e.